The molecule has 0 radical (unpaired) electrons. The van der Waals surface area contributed by atoms with Gasteiger partial charge in [0.1, 0.15) is 6.07 Å². The van der Waals surface area contributed by atoms with Crippen LogP contribution in [-0.2, 0) is 9.47 Å². The molecular weight excluding hydrogens is 346 g/mol. The molecule has 0 aromatic heterocycles. The highest BCUT2D eigenvalue weighted by atomic mass is 16.6. The van der Waals surface area contributed by atoms with Crippen LogP contribution >= 0.6 is 0 Å². The third kappa shape index (κ3) is 5.05. The summed E-state index contributed by atoms with van der Waals surface area (Å²) in [6, 6.07) is 14.8. The Hall–Kier alpha value is -3.40. The maximum atomic E-state index is 12.3. The fourth-order valence-corrected chi connectivity index (χ4v) is 2.33. The zero-order valence-corrected chi connectivity index (χ0v) is 15.7. The van der Waals surface area contributed by atoms with Gasteiger partial charge in [-0.15, -0.1) is 5.10 Å². The third-order valence-corrected chi connectivity index (χ3v) is 3.37. The fourth-order valence-electron chi connectivity index (χ4n) is 2.33. The molecule has 7 nitrogen and oxygen atoms in total. The number of fused-ring (bicyclic) bond motifs is 1. The Bertz CT molecular complexity index is 886. The van der Waals surface area contributed by atoms with Crippen LogP contribution in [0.3, 0.4) is 0 Å². The van der Waals surface area contributed by atoms with E-state index in [2.05, 4.69) is 5.10 Å². The molecule has 2 aromatic rings. The second kappa shape index (κ2) is 8.81. The van der Waals surface area contributed by atoms with Gasteiger partial charge in [0.05, 0.1) is 12.2 Å². The van der Waals surface area contributed by atoms with E-state index < -0.39 is 24.4 Å². The first-order chi connectivity index (χ1) is 12.8. The largest absolute Gasteiger partial charge is 0.445 e. The molecule has 0 aliphatic rings. The van der Waals surface area contributed by atoms with E-state index in [1.807, 2.05) is 36.4 Å². The van der Waals surface area contributed by atoms with Crippen molar-refractivity contribution in [3.05, 3.63) is 48.0 Å². The molecule has 2 aromatic carbocycles. The van der Waals surface area contributed by atoms with Crippen molar-refractivity contribution in [2.75, 3.05) is 0 Å². The Morgan fingerprint density at radius 2 is 1.52 bits per heavy atom. The lowest BCUT2D eigenvalue weighted by molar-refractivity contribution is 0.0518. The number of carbonyl (C=O) groups is 2. The van der Waals surface area contributed by atoms with Crippen LogP contribution in [0.5, 0.6) is 0 Å². The highest BCUT2D eigenvalue weighted by Gasteiger charge is 2.27. The van der Waals surface area contributed by atoms with Crippen molar-refractivity contribution in [3.8, 4) is 6.07 Å². The summed E-state index contributed by atoms with van der Waals surface area (Å²) in [5, 5.41) is 15.7. The van der Waals surface area contributed by atoms with Crippen molar-refractivity contribution in [1.29, 1.82) is 5.26 Å². The van der Waals surface area contributed by atoms with Gasteiger partial charge >= 0.3 is 12.2 Å². The monoisotopic (exact) mass is 367 g/mol. The highest BCUT2D eigenvalue weighted by Crippen LogP contribution is 2.20. The summed E-state index contributed by atoms with van der Waals surface area (Å²) < 4.78 is 10.1. The molecular formula is C20H21N3O4. The van der Waals surface area contributed by atoms with Crippen LogP contribution in [0.25, 0.3) is 10.8 Å². The lowest BCUT2D eigenvalue weighted by atomic mass is 10.0. The molecule has 0 saturated heterocycles. The van der Waals surface area contributed by atoms with Crippen molar-refractivity contribution < 1.29 is 19.1 Å². The molecule has 2 amide bonds. The van der Waals surface area contributed by atoms with Crippen LogP contribution in [-0.4, -0.2) is 35.1 Å². The van der Waals surface area contributed by atoms with Crippen molar-refractivity contribution >= 4 is 28.7 Å². The van der Waals surface area contributed by atoms with Crippen molar-refractivity contribution in [1.82, 2.24) is 5.01 Å². The maximum absolute atomic E-state index is 12.3. The molecule has 0 spiro atoms. The number of nitrogens with zero attached hydrogens (tertiary/aromatic N) is 3. The van der Waals surface area contributed by atoms with Gasteiger partial charge in [0.2, 0.25) is 0 Å². The highest BCUT2D eigenvalue weighted by molar-refractivity contribution is 6.19. The molecule has 140 valence electrons. The Morgan fingerprint density at radius 3 is 2.07 bits per heavy atom. The minimum absolute atomic E-state index is 0.104. The number of rotatable bonds is 4. The normalized spacial score (nSPS) is 11.4. The smallest absolute Gasteiger partial charge is 0.440 e. The number of amides is 2. The molecule has 27 heavy (non-hydrogen) atoms. The van der Waals surface area contributed by atoms with Gasteiger partial charge in [-0.25, -0.2) is 9.59 Å². The first kappa shape index (κ1) is 19.9. The number of carbonyl (C=O) groups excluding carboxylic acids is 2. The number of hydrogen-bond donors (Lipinski definition) is 0. The standard InChI is InChI=1S/C20H21N3O4/c1-13(2)26-19(24)23(20(25)27-14(3)4)22-18(12-21)17-11-7-9-15-8-5-6-10-16(15)17/h5-11,13-14H,1-4H3/b22-18+. The summed E-state index contributed by atoms with van der Waals surface area (Å²) in [4.78, 5) is 24.6. The van der Waals surface area contributed by atoms with Gasteiger partial charge < -0.3 is 9.47 Å². The summed E-state index contributed by atoms with van der Waals surface area (Å²) in [5.41, 5.74) is 0.392. The average Bonchev–Trinajstić information content (AvgIpc) is 2.61. The van der Waals surface area contributed by atoms with Crippen LogP contribution in [0, 0.1) is 11.3 Å². The van der Waals surface area contributed by atoms with E-state index in [4.69, 9.17) is 9.47 Å². The lowest BCUT2D eigenvalue weighted by Gasteiger charge is -2.18. The van der Waals surface area contributed by atoms with E-state index in [0.29, 0.717) is 10.6 Å². The van der Waals surface area contributed by atoms with Gasteiger partial charge in [0.15, 0.2) is 5.71 Å². The zero-order valence-electron chi connectivity index (χ0n) is 15.7. The number of imide groups is 1. The van der Waals surface area contributed by atoms with Crippen molar-refractivity contribution in [2.24, 2.45) is 5.10 Å². The van der Waals surface area contributed by atoms with E-state index in [1.54, 1.807) is 39.8 Å². The van der Waals surface area contributed by atoms with Gasteiger partial charge in [-0.3, -0.25) is 0 Å². The number of benzene rings is 2. The molecule has 0 atom stereocenters. The van der Waals surface area contributed by atoms with Crippen LogP contribution in [0.4, 0.5) is 9.59 Å². The first-order valence-corrected chi connectivity index (χ1v) is 8.51. The Balaban J connectivity index is 2.52. The quantitative estimate of drug-likeness (QED) is 0.587. The van der Waals surface area contributed by atoms with E-state index in [0.717, 1.165) is 10.8 Å². The Labute approximate surface area is 157 Å². The minimum Gasteiger partial charge on any atom is -0.445 e. The summed E-state index contributed by atoms with van der Waals surface area (Å²) in [5.74, 6) is 0. The van der Waals surface area contributed by atoms with Gasteiger partial charge in [-0.1, -0.05) is 47.5 Å². The van der Waals surface area contributed by atoms with Gasteiger partial charge in [-0.2, -0.15) is 5.26 Å². The molecule has 0 bridgehead atoms. The predicted molar refractivity (Wildman–Crippen MR) is 101 cm³/mol. The summed E-state index contributed by atoms with van der Waals surface area (Å²) in [6.07, 6.45) is -2.96. The molecule has 0 unspecified atom stereocenters. The average molecular weight is 367 g/mol. The van der Waals surface area contributed by atoms with E-state index in [9.17, 15) is 14.9 Å². The molecule has 0 heterocycles. The topological polar surface area (TPSA) is 92.0 Å². The summed E-state index contributed by atoms with van der Waals surface area (Å²) in [6.45, 7) is 6.57. The molecule has 0 saturated carbocycles. The second-order valence-electron chi connectivity index (χ2n) is 6.26. The number of hydrogen-bond acceptors (Lipinski definition) is 6. The van der Waals surface area contributed by atoms with Crippen LogP contribution in [0.1, 0.15) is 33.3 Å². The fraction of sp³-hybridized carbons (Fsp3) is 0.300. The summed E-state index contributed by atoms with van der Waals surface area (Å²) >= 11 is 0. The van der Waals surface area contributed by atoms with Gasteiger partial charge in [0, 0.05) is 5.56 Å². The number of nitriles is 1. The zero-order chi connectivity index (χ0) is 20.0. The van der Waals surface area contributed by atoms with Crippen molar-refractivity contribution in [2.45, 2.75) is 39.9 Å². The van der Waals surface area contributed by atoms with Crippen LogP contribution in [0.15, 0.2) is 47.6 Å². The van der Waals surface area contributed by atoms with Gasteiger partial charge in [-0.05, 0) is 38.5 Å². The Kier molecular flexibility index (Phi) is 6.50. The van der Waals surface area contributed by atoms with Crippen molar-refractivity contribution in [3.63, 3.8) is 0 Å². The number of ether oxygens (including phenoxy) is 2. The molecule has 2 rings (SSSR count). The first-order valence-electron chi connectivity index (χ1n) is 8.51. The van der Waals surface area contributed by atoms with E-state index in [-0.39, 0.29) is 5.71 Å². The van der Waals surface area contributed by atoms with E-state index in [1.165, 1.54) is 0 Å². The SMILES string of the molecule is CC(C)OC(=O)N(/N=C(\C#N)c1cccc2ccccc12)C(=O)OC(C)C. The van der Waals surface area contributed by atoms with Crippen LogP contribution < -0.4 is 0 Å². The molecule has 0 N–H and O–H groups in total. The third-order valence-electron chi connectivity index (χ3n) is 3.37. The molecule has 7 heteroatoms. The van der Waals surface area contributed by atoms with Crippen LogP contribution in [0.2, 0.25) is 0 Å². The molecule has 0 aliphatic heterocycles. The molecule has 0 aliphatic carbocycles. The second-order valence-corrected chi connectivity index (χ2v) is 6.26. The number of hydrazone groups is 1. The van der Waals surface area contributed by atoms with E-state index >= 15 is 0 Å². The predicted octanol–water partition coefficient (Wildman–Crippen LogP) is 4.46. The lowest BCUT2D eigenvalue weighted by Crippen LogP contribution is -2.36. The molecule has 0 fully saturated rings. The van der Waals surface area contributed by atoms with Gasteiger partial charge in [0.25, 0.3) is 0 Å². The Morgan fingerprint density at radius 1 is 0.963 bits per heavy atom. The summed E-state index contributed by atoms with van der Waals surface area (Å²) in [7, 11) is 0. The minimum atomic E-state index is -1.01. The maximum Gasteiger partial charge on any atom is 0.440 e.